The minimum absolute atomic E-state index is 0.428. The van der Waals surface area contributed by atoms with Crippen molar-refractivity contribution in [2.24, 2.45) is 0 Å². The van der Waals surface area contributed by atoms with E-state index in [0.29, 0.717) is 12.4 Å². The number of pyridine rings is 1. The zero-order chi connectivity index (χ0) is 15.0. The molecule has 110 valence electrons. The highest BCUT2D eigenvalue weighted by Gasteiger charge is 2.16. The van der Waals surface area contributed by atoms with E-state index in [0.717, 1.165) is 32.0 Å². The first kappa shape index (κ1) is 13.8. The summed E-state index contributed by atoms with van der Waals surface area (Å²) in [4.78, 5) is 5.54. The van der Waals surface area contributed by atoms with Crippen molar-refractivity contribution in [3.05, 3.63) is 23.9 Å². The molecule has 0 unspecified atom stereocenters. The average Bonchev–Trinajstić information content (AvgIpc) is 3.05. The predicted octanol–water partition coefficient (Wildman–Crippen LogP) is 2.37. The molecular weight excluding hydrogens is 286 g/mol. The van der Waals surface area contributed by atoms with Crippen molar-refractivity contribution >= 4 is 33.1 Å². The molecule has 0 aromatic carbocycles. The highest BCUT2D eigenvalue weighted by Crippen LogP contribution is 2.40. The van der Waals surface area contributed by atoms with E-state index < -0.39 is 6.10 Å². The van der Waals surface area contributed by atoms with Crippen LogP contribution >= 0.6 is 11.3 Å². The second-order valence-electron chi connectivity index (χ2n) is 5.03. The largest absolute Gasteiger partial charge is 0.392 e. The third-order valence-electron chi connectivity index (χ3n) is 3.23. The fourth-order valence-electron chi connectivity index (χ4n) is 2.23. The minimum atomic E-state index is -0.428. The van der Waals surface area contributed by atoms with E-state index in [9.17, 15) is 5.11 Å². The number of nitrogens with one attached hydrogen (secondary N) is 2. The van der Waals surface area contributed by atoms with Gasteiger partial charge in [0.1, 0.15) is 5.82 Å². The highest BCUT2D eigenvalue weighted by atomic mass is 32.1. The van der Waals surface area contributed by atoms with Gasteiger partial charge in [-0.05, 0) is 25.5 Å². The molecule has 1 atom stereocenters. The van der Waals surface area contributed by atoms with Crippen molar-refractivity contribution in [2.45, 2.75) is 20.0 Å². The van der Waals surface area contributed by atoms with Gasteiger partial charge in [0, 0.05) is 18.8 Å². The smallest absolute Gasteiger partial charge is 0.126 e. The number of nitrogens with two attached hydrogens (primary N) is 1. The van der Waals surface area contributed by atoms with E-state index in [1.165, 1.54) is 0 Å². The van der Waals surface area contributed by atoms with Gasteiger partial charge in [0.2, 0.25) is 0 Å². The quantitative estimate of drug-likeness (QED) is 0.593. The third kappa shape index (κ3) is 2.57. The van der Waals surface area contributed by atoms with Crippen molar-refractivity contribution in [3.8, 4) is 10.6 Å². The second-order valence-corrected chi connectivity index (χ2v) is 6.05. The third-order valence-corrected chi connectivity index (χ3v) is 4.57. The summed E-state index contributed by atoms with van der Waals surface area (Å²) in [6.07, 6.45) is 1.30. The van der Waals surface area contributed by atoms with E-state index in [2.05, 4.69) is 20.5 Å². The number of hydrogen-bond donors (Lipinski definition) is 4. The number of fused-ring (bicyclic) bond motifs is 1. The van der Waals surface area contributed by atoms with Gasteiger partial charge in [0.25, 0.3) is 0 Å². The number of H-pyrrole nitrogens is 1. The fraction of sp³-hybridized carbons (Fsp3) is 0.286. The maximum Gasteiger partial charge on any atom is 0.126 e. The Labute approximate surface area is 126 Å². The number of aryl methyl sites for hydroxylation is 1. The van der Waals surface area contributed by atoms with Crippen LogP contribution < -0.4 is 11.1 Å². The molecule has 0 bridgehead atoms. The van der Waals surface area contributed by atoms with Crippen LogP contribution in [0.5, 0.6) is 0 Å². The van der Waals surface area contributed by atoms with Gasteiger partial charge >= 0.3 is 0 Å². The van der Waals surface area contributed by atoms with Gasteiger partial charge in [-0.3, -0.25) is 5.10 Å². The summed E-state index contributed by atoms with van der Waals surface area (Å²) < 4.78 is 1.03. The topological polar surface area (TPSA) is 99.8 Å². The molecule has 0 aliphatic carbocycles. The van der Waals surface area contributed by atoms with Gasteiger partial charge < -0.3 is 16.2 Å². The number of rotatable bonds is 4. The van der Waals surface area contributed by atoms with Gasteiger partial charge in [-0.15, -0.1) is 11.3 Å². The Morgan fingerprint density at radius 2 is 2.33 bits per heavy atom. The molecule has 6 nitrogen and oxygen atoms in total. The lowest BCUT2D eigenvalue weighted by molar-refractivity contribution is 0.208. The number of nitrogen functional groups attached to an aromatic ring is 1. The van der Waals surface area contributed by atoms with Gasteiger partial charge in [-0.1, -0.05) is 0 Å². The molecule has 0 amide bonds. The maximum atomic E-state index is 9.45. The Bertz CT molecular complexity index is 763. The summed E-state index contributed by atoms with van der Waals surface area (Å²) in [5.41, 5.74) is 9.73. The van der Waals surface area contributed by atoms with Crippen LogP contribution in [0.3, 0.4) is 0 Å². The summed E-state index contributed by atoms with van der Waals surface area (Å²) in [6, 6.07) is 3.74. The number of hydrogen-bond acceptors (Lipinski definition) is 6. The normalized spacial score (nSPS) is 12.7. The van der Waals surface area contributed by atoms with Crippen LogP contribution in [0.15, 0.2) is 18.3 Å². The number of thiophene rings is 1. The summed E-state index contributed by atoms with van der Waals surface area (Å²) >= 11 is 1.64. The monoisotopic (exact) mass is 303 g/mol. The van der Waals surface area contributed by atoms with Crippen LogP contribution in [-0.4, -0.2) is 32.9 Å². The number of nitrogens with zero attached hydrogens (tertiary/aromatic N) is 2. The number of aromatic amines is 1. The first-order valence-corrected chi connectivity index (χ1v) is 7.49. The van der Waals surface area contributed by atoms with Gasteiger partial charge in [-0.25, -0.2) is 4.98 Å². The summed E-state index contributed by atoms with van der Waals surface area (Å²) in [5.74, 6) is 0.465. The number of aromatic nitrogens is 3. The molecule has 5 N–H and O–H groups in total. The van der Waals surface area contributed by atoms with E-state index in [1.807, 2.05) is 13.0 Å². The lowest BCUT2D eigenvalue weighted by Gasteiger charge is -2.10. The predicted molar refractivity (Wildman–Crippen MR) is 86.5 cm³/mol. The van der Waals surface area contributed by atoms with Crippen LogP contribution in [0.2, 0.25) is 0 Å². The van der Waals surface area contributed by atoms with E-state index in [1.54, 1.807) is 30.5 Å². The molecule has 0 aliphatic rings. The molecule has 21 heavy (non-hydrogen) atoms. The maximum absolute atomic E-state index is 9.45. The molecule has 0 aliphatic heterocycles. The summed E-state index contributed by atoms with van der Waals surface area (Å²) in [6.45, 7) is 4.24. The molecule has 3 aromatic rings. The van der Waals surface area contributed by atoms with E-state index in [-0.39, 0.29) is 0 Å². The van der Waals surface area contributed by atoms with Gasteiger partial charge in [0.15, 0.2) is 0 Å². The summed E-state index contributed by atoms with van der Waals surface area (Å²) in [5, 5.41) is 19.7. The molecule has 3 aromatic heterocycles. The molecule has 3 heterocycles. The second kappa shape index (κ2) is 5.34. The molecule has 0 saturated heterocycles. The molecule has 0 fully saturated rings. The minimum Gasteiger partial charge on any atom is -0.392 e. The lowest BCUT2D eigenvalue weighted by Crippen LogP contribution is -2.15. The Hall–Kier alpha value is -2.12. The molecule has 3 rings (SSSR count). The average molecular weight is 303 g/mol. The Morgan fingerprint density at radius 3 is 3.00 bits per heavy atom. The first-order chi connectivity index (χ1) is 10.1. The van der Waals surface area contributed by atoms with Crippen molar-refractivity contribution in [1.29, 1.82) is 0 Å². The Morgan fingerprint density at radius 1 is 1.52 bits per heavy atom. The van der Waals surface area contributed by atoms with Crippen LogP contribution in [0, 0.1) is 6.92 Å². The molecular formula is C14H17N5OS. The molecule has 0 spiro atoms. The van der Waals surface area contributed by atoms with Crippen LogP contribution in [0.1, 0.15) is 12.5 Å². The van der Waals surface area contributed by atoms with Gasteiger partial charge in [-0.2, -0.15) is 5.10 Å². The lowest BCUT2D eigenvalue weighted by atomic mass is 10.2. The first-order valence-electron chi connectivity index (χ1n) is 6.67. The van der Waals surface area contributed by atoms with Crippen molar-refractivity contribution < 1.29 is 5.11 Å². The van der Waals surface area contributed by atoms with E-state index >= 15 is 0 Å². The molecule has 0 radical (unpaired) electrons. The van der Waals surface area contributed by atoms with Gasteiger partial charge in [0.05, 0.1) is 32.6 Å². The Balaban J connectivity index is 2.14. The van der Waals surface area contributed by atoms with Crippen LogP contribution in [-0.2, 0) is 0 Å². The fourth-order valence-corrected chi connectivity index (χ4v) is 3.44. The van der Waals surface area contributed by atoms with Crippen LogP contribution in [0.4, 0.5) is 11.5 Å². The van der Waals surface area contributed by atoms with Crippen molar-refractivity contribution in [1.82, 2.24) is 15.2 Å². The van der Waals surface area contributed by atoms with Crippen molar-refractivity contribution in [2.75, 3.05) is 17.6 Å². The Kier molecular flexibility index (Phi) is 3.52. The molecule has 0 saturated carbocycles. The SMILES string of the molecule is Cc1c(-c2ccn[nH]2)sc2c(NC[C@H](C)O)cc(N)nc12. The van der Waals surface area contributed by atoms with Crippen LogP contribution in [0.25, 0.3) is 20.8 Å². The highest BCUT2D eigenvalue weighted by molar-refractivity contribution is 7.23. The number of anilines is 2. The standard InChI is InChI=1S/C14H17N5OS/c1-7(20)6-16-10-5-11(15)18-12-8(2)13(21-14(10)12)9-3-4-17-19-9/h3-5,7,20H,6H2,1-2H3,(H,17,19)(H3,15,16,18)/t7-/m0/s1. The van der Waals surface area contributed by atoms with E-state index in [4.69, 9.17) is 5.73 Å². The summed E-state index contributed by atoms with van der Waals surface area (Å²) in [7, 11) is 0. The zero-order valence-corrected chi connectivity index (χ0v) is 12.7. The zero-order valence-electron chi connectivity index (χ0n) is 11.8. The molecule has 7 heteroatoms. The number of aliphatic hydroxyl groups is 1. The van der Waals surface area contributed by atoms with Crippen molar-refractivity contribution in [3.63, 3.8) is 0 Å². The number of aliphatic hydroxyl groups excluding tert-OH is 1.